The fraction of sp³-hybridized carbons (Fsp3) is 0.611. The Kier molecular flexibility index (Phi) is 5.11. The SMILES string of the molecule is O=C(CC1CC2CCC(C1)N2)NCC(O)Cc1ccccc1. The average Bonchev–Trinajstić information content (AvgIpc) is 2.85. The zero-order chi connectivity index (χ0) is 15.4. The third-order valence-electron chi connectivity index (χ3n) is 4.89. The number of carbonyl (C=O) groups excluding carboxylic acids is 1. The quantitative estimate of drug-likeness (QED) is 0.748. The van der Waals surface area contributed by atoms with Gasteiger partial charge in [0.1, 0.15) is 0 Å². The Balaban J connectivity index is 1.37. The first-order valence-corrected chi connectivity index (χ1v) is 8.44. The molecule has 0 aliphatic carbocycles. The average molecular weight is 302 g/mol. The minimum Gasteiger partial charge on any atom is -0.391 e. The number of amides is 1. The van der Waals surface area contributed by atoms with Gasteiger partial charge in [0.25, 0.3) is 0 Å². The molecule has 4 nitrogen and oxygen atoms in total. The summed E-state index contributed by atoms with van der Waals surface area (Å²) in [5.41, 5.74) is 1.10. The number of hydrogen-bond donors (Lipinski definition) is 3. The second kappa shape index (κ2) is 7.25. The summed E-state index contributed by atoms with van der Waals surface area (Å²) in [6, 6.07) is 11.1. The molecule has 1 amide bonds. The number of benzene rings is 1. The van der Waals surface area contributed by atoms with Crippen molar-refractivity contribution in [2.75, 3.05) is 6.54 Å². The van der Waals surface area contributed by atoms with Crippen molar-refractivity contribution in [2.45, 2.75) is 56.7 Å². The highest BCUT2D eigenvalue weighted by Gasteiger charge is 2.34. The van der Waals surface area contributed by atoms with Crippen LogP contribution in [0.5, 0.6) is 0 Å². The van der Waals surface area contributed by atoms with Crippen molar-refractivity contribution in [3.8, 4) is 0 Å². The highest BCUT2D eigenvalue weighted by molar-refractivity contribution is 5.76. The molecule has 0 aromatic heterocycles. The molecular weight excluding hydrogens is 276 g/mol. The number of hydrogen-bond acceptors (Lipinski definition) is 3. The number of piperidine rings is 1. The van der Waals surface area contributed by atoms with Crippen LogP contribution >= 0.6 is 0 Å². The lowest BCUT2D eigenvalue weighted by Gasteiger charge is -2.28. The summed E-state index contributed by atoms with van der Waals surface area (Å²) < 4.78 is 0. The van der Waals surface area contributed by atoms with Crippen LogP contribution in [0.3, 0.4) is 0 Å². The third-order valence-corrected chi connectivity index (χ3v) is 4.89. The van der Waals surface area contributed by atoms with Crippen LogP contribution in [0, 0.1) is 5.92 Å². The molecule has 0 radical (unpaired) electrons. The predicted octanol–water partition coefficient (Wildman–Crippen LogP) is 1.63. The van der Waals surface area contributed by atoms with E-state index in [1.54, 1.807) is 0 Å². The number of aliphatic hydroxyl groups is 1. The second-order valence-electron chi connectivity index (χ2n) is 6.83. The molecule has 3 rings (SSSR count). The predicted molar refractivity (Wildman–Crippen MR) is 86.4 cm³/mol. The lowest BCUT2D eigenvalue weighted by atomic mass is 9.89. The summed E-state index contributed by atoms with van der Waals surface area (Å²) in [5.74, 6) is 0.587. The normalized spacial score (nSPS) is 28.3. The van der Waals surface area contributed by atoms with Crippen molar-refractivity contribution < 1.29 is 9.90 Å². The maximum atomic E-state index is 12.1. The van der Waals surface area contributed by atoms with Crippen LogP contribution in [-0.2, 0) is 11.2 Å². The Hall–Kier alpha value is -1.39. The van der Waals surface area contributed by atoms with Gasteiger partial charge in [-0.15, -0.1) is 0 Å². The van der Waals surface area contributed by atoms with Crippen molar-refractivity contribution in [1.82, 2.24) is 10.6 Å². The Morgan fingerprint density at radius 1 is 1.23 bits per heavy atom. The number of aliphatic hydroxyl groups excluding tert-OH is 1. The van der Waals surface area contributed by atoms with Gasteiger partial charge in [0, 0.05) is 31.5 Å². The molecule has 1 aromatic carbocycles. The minimum absolute atomic E-state index is 0.0819. The van der Waals surface area contributed by atoms with Crippen LogP contribution in [0.1, 0.15) is 37.7 Å². The van der Waals surface area contributed by atoms with Crippen LogP contribution in [0.2, 0.25) is 0 Å². The van der Waals surface area contributed by atoms with E-state index in [9.17, 15) is 9.90 Å². The van der Waals surface area contributed by atoms with E-state index >= 15 is 0 Å². The largest absolute Gasteiger partial charge is 0.391 e. The first-order chi connectivity index (χ1) is 10.7. The summed E-state index contributed by atoms with van der Waals surface area (Å²) >= 11 is 0. The van der Waals surface area contributed by atoms with Gasteiger partial charge in [-0.3, -0.25) is 4.79 Å². The minimum atomic E-state index is -0.518. The van der Waals surface area contributed by atoms with Gasteiger partial charge in [-0.25, -0.2) is 0 Å². The van der Waals surface area contributed by atoms with E-state index in [-0.39, 0.29) is 5.91 Å². The van der Waals surface area contributed by atoms with Gasteiger partial charge in [-0.05, 0) is 37.2 Å². The van der Waals surface area contributed by atoms with E-state index in [4.69, 9.17) is 0 Å². The van der Waals surface area contributed by atoms with Gasteiger partial charge in [0.2, 0.25) is 5.91 Å². The molecule has 3 N–H and O–H groups in total. The van der Waals surface area contributed by atoms with E-state index < -0.39 is 6.10 Å². The van der Waals surface area contributed by atoms with E-state index in [1.165, 1.54) is 12.8 Å². The fourth-order valence-electron chi connectivity index (χ4n) is 3.87. The Labute approximate surface area is 132 Å². The molecule has 2 aliphatic rings. The van der Waals surface area contributed by atoms with Gasteiger partial charge in [-0.1, -0.05) is 30.3 Å². The Morgan fingerprint density at radius 2 is 1.91 bits per heavy atom. The first-order valence-electron chi connectivity index (χ1n) is 8.44. The number of nitrogens with one attached hydrogen (secondary N) is 2. The lowest BCUT2D eigenvalue weighted by Crippen LogP contribution is -2.40. The van der Waals surface area contributed by atoms with Crippen LogP contribution in [0.15, 0.2) is 30.3 Å². The third kappa shape index (κ3) is 4.31. The fourth-order valence-corrected chi connectivity index (χ4v) is 3.87. The molecule has 4 heteroatoms. The van der Waals surface area contributed by atoms with Crippen molar-refractivity contribution in [1.29, 1.82) is 0 Å². The summed E-state index contributed by atoms with van der Waals surface area (Å²) in [6.45, 7) is 0.339. The van der Waals surface area contributed by atoms with Gasteiger partial charge >= 0.3 is 0 Å². The molecule has 0 spiro atoms. The van der Waals surface area contributed by atoms with Gasteiger partial charge < -0.3 is 15.7 Å². The molecule has 2 saturated heterocycles. The summed E-state index contributed by atoms with van der Waals surface area (Å²) in [5, 5.41) is 16.5. The van der Waals surface area contributed by atoms with E-state index in [1.807, 2.05) is 30.3 Å². The number of carbonyl (C=O) groups is 1. The molecule has 120 valence electrons. The van der Waals surface area contributed by atoms with E-state index in [0.717, 1.165) is 18.4 Å². The van der Waals surface area contributed by atoms with Crippen LogP contribution in [-0.4, -0.2) is 35.7 Å². The highest BCUT2D eigenvalue weighted by atomic mass is 16.3. The zero-order valence-corrected chi connectivity index (χ0v) is 13.0. The Morgan fingerprint density at radius 3 is 2.59 bits per heavy atom. The van der Waals surface area contributed by atoms with Gasteiger partial charge in [0.05, 0.1) is 6.10 Å². The molecule has 2 aliphatic heterocycles. The second-order valence-corrected chi connectivity index (χ2v) is 6.83. The molecule has 3 unspecified atom stereocenters. The Bertz CT molecular complexity index is 479. The van der Waals surface area contributed by atoms with Crippen molar-refractivity contribution in [3.05, 3.63) is 35.9 Å². The number of fused-ring (bicyclic) bond motifs is 2. The van der Waals surface area contributed by atoms with E-state index in [2.05, 4.69) is 10.6 Å². The van der Waals surface area contributed by atoms with E-state index in [0.29, 0.717) is 37.4 Å². The van der Waals surface area contributed by atoms with Crippen LogP contribution in [0.25, 0.3) is 0 Å². The number of rotatable bonds is 6. The monoisotopic (exact) mass is 302 g/mol. The van der Waals surface area contributed by atoms with Crippen molar-refractivity contribution in [2.24, 2.45) is 5.92 Å². The van der Waals surface area contributed by atoms with Crippen molar-refractivity contribution in [3.63, 3.8) is 0 Å². The first kappa shape index (κ1) is 15.5. The highest BCUT2D eigenvalue weighted by Crippen LogP contribution is 2.32. The maximum Gasteiger partial charge on any atom is 0.220 e. The standard InChI is InChI=1S/C18H26N2O2/c21-17(10-13-4-2-1-3-5-13)12-19-18(22)11-14-8-15-6-7-16(9-14)20-15/h1-5,14-17,20-21H,6-12H2,(H,19,22). The summed E-state index contributed by atoms with van der Waals surface area (Å²) in [4.78, 5) is 12.1. The van der Waals surface area contributed by atoms with Crippen LogP contribution < -0.4 is 10.6 Å². The van der Waals surface area contributed by atoms with Crippen LogP contribution in [0.4, 0.5) is 0 Å². The van der Waals surface area contributed by atoms with Gasteiger partial charge in [-0.2, -0.15) is 0 Å². The molecule has 3 atom stereocenters. The molecule has 2 fully saturated rings. The summed E-state index contributed by atoms with van der Waals surface area (Å²) in [7, 11) is 0. The molecule has 0 saturated carbocycles. The zero-order valence-electron chi connectivity index (χ0n) is 13.0. The molecule has 22 heavy (non-hydrogen) atoms. The lowest BCUT2D eigenvalue weighted by molar-refractivity contribution is -0.122. The molecular formula is C18H26N2O2. The molecule has 1 aromatic rings. The topological polar surface area (TPSA) is 61.4 Å². The van der Waals surface area contributed by atoms with Crippen molar-refractivity contribution >= 4 is 5.91 Å². The molecule has 2 bridgehead atoms. The molecule has 2 heterocycles. The van der Waals surface area contributed by atoms with Gasteiger partial charge in [0.15, 0.2) is 0 Å². The smallest absolute Gasteiger partial charge is 0.220 e. The summed E-state index contributed by atoms with van der Waals surface area (Å²) in [6.07, 6.45) is 5.44. The maximum absolute atomic E-state index is 12.1.